The van der Waals surface area contributed by atoms with Crippen molar-refractivity contribution in [3.63, 3.8) is 0 Å². The summed E-state index contributed by atoms with van der Waals surface area (Å²) in [4.78, 5) is 7.24. The number of hydrogen-bond acceptors (Lipinski definition) is 3. The van der Waals surface area contributed by atoms with Crippen LogP contribution in [0.2, 0.25) is 0 Å². The number of nitrogens with zero attached hydrogens (tertiary/aromatic N) is 3. The van der Waals surface area contributed by atoms with Gasteiger partial charge in [-0.3, -0.25) is 0 Å². The number of para-hydroxylation sites is 5. The van der Waals surface area contributed by atoms with Crippen molar-refractivity contribution in [3.05, 3.63) is 259 Å². The van der Waals surface area contributed by atoms with Crippen LogP contribution in [-0.4, -0.2) is 0 Å². The molecule has 3 nitrogen and oxygen atoms in total. The molecule has 0 atom stereocenters. The van der Waals surface area contributed by atoms with Crippen molar-refractivity contribution in [2.24, 2.45) is 0 Å². The van der Waals surface area contributed by atoms with E-state index in [-0.39, 0.29) is 5.41 Å². The second kappa shape index (κ2) is 16.5. The summed E-state index contributed by atoms with van der Waals surface area (Å²) in [5, 5.41) is 2.44. The van der Waals surface area contributed by atoms with Gasteiger partial charge in [-0.05, 0) is 142 Å². The molecule has 0 saturated carbocycles. The molecule has 65 heavy (non-hydrogen) atoms. The van der Waals surface area contributed by atoms with Gasteiger partial charge in [0.1, 0.15) is 0 Å². The van der Waals surface area contributed by atoms with E-state index >= 15 is 0 Å². The molecule has 3 heteroatoms. The number of fused-ring (bicyclic) bond motifs is 4. The lowest BCUT2D eigenvalue weighted by atomic mass is 9.82. The lowest BCUT2D eigenvalue weighted by Crippen LogP contribution is -2.18. The van der Waals surface area contributed by atoms with Gasteiger partial charge in [0, 0.05) is 39.4 Å². The van der Waals surface area contributed by atoms with Crippen molar-refractivity contribution in [1.29, 1.82) is 0 Å². The predicted octanol–water partition coefficient (Wildman–Crippen LogP) is 17.5. The minimum absolute atomic E-state index is 0.196. The Balaban J connectivity index is 1.22. The number of rotatable bonds is 10. The summed E-state index contributed by atoms with van der Waals surface area (Å²) in [6.07, 6.45) is 0. The predicted molar refractivity (Wildman–Crippen MR) is 276 cm³/mol. The van der Waals surface area contributed by atoms with Gasteiger partial charge in [-0.15, -0.1) is 0 Å². The Kier molecular flexibility index (Phi) is 10.1. The minimum Gasteiger partial charge on any atom is -0.310 e. The quantitative estimate of drug-likeness (QED) is 0.136. The Hall–Kier alpha value is -8.14. The number of aryl methyl sites for hydroxylation is 1. The highest BCUT2D eigenvalue weighted by Gasteiger charge is 2.37. The maximum Gasteiger partial charge on any atom is 0.0540 e. The first kappa shape index (κ1) is 39.7. The first-order chi connectivity index (χ1) is 31.9. The van der Waals surface area contributed by atoms with Gasteiger partial charge in [-0.1, -0.05) is 166 Å². The molecule has 1 aliphatic rings. The summed E-state index contributed by atoms with van der Waals surface area (Å²) < 4.78 is 0. The van der Waals surface area contributed by atoms with Gasteiger partial charge in [0.15, 0.2) is 0 Å². The van der Waals surface area contributed by atoms with Crippen LogP contribution in [0.4, 0.5) is 51.2 Å². The van der Waals surface area contributed by atoms with E-state index in [0.717, 1.165) is 62.3 Å². The normalized spacial score (nSPS) is 12.4. The van der Waals surface area contributed by atoms with E-state index in [1.165, 1.54) is 38.6 Å². The van der Waals surface area contributed by atoms with E-state index in [2.05, 4.69) is 278 Å². The summed E-state index contributed by atoms with van der Waals surface area (Å²) >= 11 is 0. The van der Waals surface area contributed by atoms with Gasteiger partial charge in [0.05, 0.1) is 22.7 Å². The SMILES string of the molecule is Cc1cccc2c1-c1ccc(N(c3cc(N(c4ccccc4)c4ccccc4)cc(N(c4ccccc4)c4ccccc4)c3)c3ccccc3-c3ccc4ccccc4c3)cc1C2(C)C. The van der Waals surface area contributed by atoms with Gasteiger partial charge in [0.2, 0.25) is 0 Å². The van der Waals surface area contributed by atoms with E-state index in [1.54, 1.807) is 0 Å². The van der Waals surface area contributed by atoms with Gasteiger partial charge in [-0.25, -0.2) is 0 Å². The molecule has 0 fully saturated rings. The topological polar surface area (TPSA) is 9.72 Å². The van der Waals surface area contributed by atoms with Crippen molar-refractivity contribution >= 4 is 62.0 Å². The van der Waals surface area contributed by atoms with Crippen LogP contribution in [0.1, 0.15) is 30.5 Å². The molecule has 0 heterocycles. The van der Waals surface area contributed by atoms with Crippen LogP contribution in [0.5, 0.6) is 0 Å². The fraction of sp³-hybridized carbons (Fsp3) is 0.0645. The van der Waals surface area contributed by atoms with Gasteiger partial charge in [0.25, 0.3) is 0 Å². The van der Waals surface area contributed by atoms with Crippen molar-refractivity contribution in [3.8, 4) is 22.3 Å². The van der Waals surface area contributed by atoms with E-state index in [9.17, 15) is 0 Å². The lowest BCUT2D eigenvalue weighted by Gasteiger charge is -2.34. The van der Waals surface area contributed by atoms with Crippen LogP contribution >= 0.6 is 0 Å². The van der Waals surface area contributed by atoms with Gasteiger partial charge < -0.3 is 14.7 Å². The molecule has 0 unspecified atom stereocenters. The molecule has 0 aliphatic heterocycles. The Bertz CT molecular complexity index is 3130. The Labute approximate surface area is 382 Å². The van der Waals surface area contributed by atoms with Crippen molar-refractivity contribution < 1.29 is 0 Å². The minimum atomic E-state index is -0.196. The molecular formula is C62H49N3. The molecule has 10 aromatic carbocycles. The highest BCUT2D eigenvalue weighted by Crippen LogP contribution is 2.53. The Morgan fingerprint density at radius 1 is 0.308 bits per heavy atom. The lowest BCUT2D eigenvalue weighted by molar-refractivity contribution is 0.660. The molecular weight excluding hydrogens is 787 g/mol. The zero-order chi connectivity index (χ0) is 43.9. The second-order valence-corrected chi connectivity index (χ2v) is 17.5. The molecule has 0 bridgehead atoms. The Morgan fingerprint density at radius 2 is 0.800 bits per heavy atom. The molecule has 10 aromatic rings. The summed E-state index contributed by atoms with van der Waals surface area (Å²) in [5.74, 6) is 0. The van der Waals surface area contributed by atoms with Gasteiger partial charge in [-0.2, -0.15) is 0 Å². The second-order valence-electron chi connectivity index (χ2n) is 17.5. The van der Waals surface area contributed by atoms with E-state index in [1.807, 2.05) is 0 Å². The summed E-state index contributed by atoms with van der Waals surface area (Å²) in [6.45, 7) is 7.00. The fourth-order valence-electron chi connectivity index (χ4n) is 9.96. The third-order valence-corrected chi connectivity index (χ3v) is 13.1. The van der Waals surface area contributed by atoms with Gasteiger partial charge >= 0.3 is 0 Å². The van der Waals surface area contributed by atoms with Crippen molar-refractivity contribution in [2.75, 3.05) is 14.7 Å². The molecule has 11 rings (SSSR count). The largest absolute Gasteiger partial charge is 0.310 e. The molecule has 0 N–H and O–H groups in total. The van der Waals surface area contributed by atoms with Crippen molar-refractivity contribution in [1.82, 2.24) is 0 Å². The van der Waals surface area contributed by atoms with Crippen LogP contribution in [0.3, 0.4) is 0 Å². The zero-order valence-corrected chi connectivity index (χ0v) is 36.9. The van der Waals surface area contributed by atoms with E-state index < -0.39 is 0 Å². The number of hydrogen-bond donors (Lipinski definition) is 0. The maximum absolute atomic E-state index is 2.49. The highest BCUT2D eigenvalue weighted by atomic mass is 15.2. The van der Waals surface area contributed by atoms with Crippen LogP contribution in [0.25, 0.3) is 33.0 Å². The summed E-state index contributed by atoms with van der Waals surface area (Å²) in [5.41, 5.74) is 18.4. The van der Waals surface area contributed by atoms with Crippen LogP contribution in [-0.2, 0) is 5.41 Å². The smallest absolute Gasteiger partial charge is 0.0540 e. The molecule has 0 spiro atoms. The molecule has 0 saturated heterocycles. The third-order valence-electron chi connectivity index (χ3n) is 13.1. The standard InChI is InChI=1S/C62H49N3/c1-44-21-20-33-58-61(44)57-38-37-52(43-59(57)62(58,2)3)65(60-34-19-18-32-56(60)47-36-35-45-22-16-17-23-46(45)39-47)55-41-53(63(48-24-8-4-9-25-48)49-26-10-5-11-27-49)40-54(42-55)64(50-28-12-6-13-29-50)51-30-14-7-15-31-51/h4-43H,1-3H3. The molecule has 0 radical (unpaired) electrons. The fourth-order valence-corrected chi connectivity index (χ4v) is 9.96. The number of anilines is 9. The van der Waals surface area contributed by atoms with E-state index in [0.29, 0.717) is 0 Å². The Morgan fingerprint density at radius 3 is 1.37 bits per heavy atom. The zero-order valence-electron chi connectivity index (χ0n) is 36.9. The monoisotopic (exact) mass is 835 g/mol. The van der Waals surface area contributed by atoms with Crippen LogP contribution in [0.15, 0.2) is 243 Å². The first-order valence-corrected chi connectivity index (χ1v) is 22.5. The molecule has 0 amide bonds. The average Bonchev–Trinajstić information content (AvgIpc) is 3.59. The maximum atomic E-state index is 2.49. The first-order valence-electron chi connectivity index (χ1n) is 22.5. The molecule has 0 aromatic heterocycles. The average molecular weight is 836 g/mol. The molecule has 312 valence electrons. The van der Waals surface area contributed by atoms with Crippen molar-refractivity contribution in [2.45, 2.75) is 26.2 Å². The highest BCUT2D eigenvalue weighted by molar-refractivity contribution is 5.96. The van der Waals surface area contributed by atoms with Crippen LogP contribution < -0.4 is 14.7 Å². The molecule has 1 aliphatic carbocycles. The van der Waals surface area contributed by atoms with E-state index in [4.69, 9.17) is 0 Å². The summed E-state index contributed by atoms with van der Waals surface area (Å²) in [7, 11) is 0. The summed E-state index contributed by atoms with van der Waals surface area (Å²) in [6, 6.07) is 88.2. The van der Waals surface area contributed by atoms with Crippen LogP contribution in [0, 0.1) is 6.92 Å². The third kappa shape index (κ3) is 7.22. The number of benzene rings is 10.